The summed E-state index contributed by atoms with van der Waals surface area (Å²) in [5, 5.41) is 0. The zero-order chi connectivity index (χ0) is 11.8. The van der Waals surface area contributed by atoms with Crippen LogP contribution in [-0.4, -0.2) is 9.36 Å². The summed E-state index contributed by atoms with van der Waals surface area (Å²) in [5.74, 6) is 0.485. The highest BCUT2D eigenvalue weighted by molar-refractivity contribution is 5.32. The van der Waals surface area contributed by atoms with E-state index in [1.54, 1.807) is 4.68 Å². The van der Waals surface area contributed by atoms with Crippen molar-refractivity contribution >= 4 is 0 Å². The highest BCUT2D eigenvalue weighted by atomic mass is 16.1. The van der Waals surface area contributed by atoms with E-state index in [0.29, 0.717) is 5.92 Å². The summed E-state index contributed by atoms with van der Waals surface area (Å²) in [6, 6.07) is 9.80. The fraction of sp³-hybridized carbons (Fsp3) is 0.357. The van der Waals surface area contributed by atoms with Gasteiger partial charge in [-0.2, -0.15) is 0 Å². The molecular weight excluding hydrogens is 212 g/mol. The van der Waals surface area contributed by atoms with Gasteiger partial charge >= 0.3 is 0 Å². The molecule has 0 atom stereocenters. The van der Waals surface area contributed by atoms with E-state index in [9.17, 15) is 4.79 Å². The van der Waals surface area contributed by atoms with E-state index in [4.69, 9.17) is 0 Å². The lowest BCUT2D eigenvalue weighted by atomic mass is 9.81. The van der Waals surface area contributed by atoms with Gasteiger partial charge < -0.3 is 0 Å². The number of aryl methyl sites for hydroxylation is 1. The summed E-state index contributed by atoms with van der Waals surface area (Å²) in [7, 11) is 1.93. The van der Waals surface area contributed by atoms with E-state index in [1.165, 1.54) is 6.42 Å². The quantitative estimate of drug-likeness (QED) is 0.775. The molecule has 88 valence electrons. The van der Waals surface area contributed by atoms with Crippen molar-refractivity contribution in [2.24, 2.45) is 7.05 Å². The van der Waals surface area contributed by atoms with Crippen LogP contribution in [0.3, 0.4) is 0 Å². The van der Waals surface area contributed by atoms with Gasteiger partial charge in [-0.05, 0) is 30.9 Å². The van der Waals surface area contributed by atoms with E-state index in [0.717, 1.165) is 24.1 Å². The fourth-order valence-electron chi connectivity index (χ4n) is 2.45. The summed E-state index contributed by atoms with van der Waals surface area (Å²) < 4.78 is 3.64. The van der Waals surface area contributed by atoms with Crippen molar-refractivity contribution in [2.45, 2.75) is 25.2 Å². The van der Waals surface area contributed by atoms with E-state index in [-0.39, 0.29) is 5.56 Å². The highest BCUT2D eigenvalue weighted by Gasteiger charge is 2.25. The van der Waals surface area contributed by atoms with Crippen molar-refractivity contribution in [2.75, 3.05) is 0 Å². The molecule has 1 fully saturated rings. The highest BCUT2D eigenvalue weighted by Crippen LogP contribution is 2.34. The standard InChI is InChI=1S/C14H16N2O/c1-15-10-13(11-6-5-7-11)14(17)16(15)12-8-3-2-4-9-12/h2-4,8-11H,5-7H2,1H3. The van der Waals surface area contributed by atoms with Crippen molar-refractivity contribution < 1.29 is 0 Å². The van der Waals surface area contributed by atoms with Crippen LogP contribution in [-0.2, 0) is 7.05 Å². The SMILES string of the molecule is Cn1cc(C2CCC2)c(=O)n1-c1ccccc1. The second-order valence-corrected chi connectivity index (χ2v) is 4.74. The van der Waals surface area contributed by atoms with Crippen LogP contribution in [0.5, 0.6) is 0 Å². The van der Waals surface area contributed by atoms with Gasteiger partial charge in [0.1, 0.15) is 0 Å². The van der Waals surface area contributed by atoms with E-state index >= 15 is 0 Å². The zero-order valence-corrected chi connectivity index (χ0v) is 9.97. The largest absolute Gasteiger partial charge is 0.288 e. The Morgan fingerprint density at radius 3 is 2.47 bits per heavy atom. The molecule has 0 unspecified atom stereocenters. The summed E-state index contributed by atoms with van der Waals surface area (Å²) >= 11 is 0. The minimum Gasteiger partial charge on any atom is -0.288 e. The number of para-hydroxylation sites is 1. The molecule has 1 heterocycles. The molecule has 3 nitrogen and oxygen atoms in total. The normalized spacial score (nSPS) is 15.8. The van der Waals surface area contributed by atoms with Crippen LogP contribution in [0, 0.1) is 0 Å². The van der Waals surface area contributed by atoms with Crippen molar-refractivity contribution in [3.8, 4) is 5.69 Å². The Kier molecular flexibility index (Phi) is 2.39. The second-order valence-electron chi connectivity index (χ2n) is 4.74. The predicted octanol–water partition coefficient (Wildman–Crippen LogP) is 2.44. The number of benzene rings is 1. The van der Waals surface area contributed by atoms with Gasteiger partial charge in [0, 0.05) is 18.8 Å². The Balaban J connectivity index is 2.11. The topological polar surface area (TPSA) is 26.9 Å². The van der Waals surface area contributed by atoms with Gasteiger partial charge in [-0.3, -0.25) is 9.48 Å². The Morgan fingerprint density at radius 1 is 1.18 bits per heavy atom. The average Bonchev–Trinajstić information content (AvgIpc) is 2.54. The molecule has 0 amide bonds. The second kappa shape index (κ2) is 3.91. The Hall–Kier alpha value is -1.77. The van der Waals surface area contributed by atoms with Gasteiger partial charge in [0.05, 0.1) is 5.69 Å². The number of aromatic nitrogens is 2. The van der Waals surface area contributed by atoms with Crippen LogP contribution >= 0.6 is 0 Å². The first-order chi connectivity index (χ1) is 8.27. The zero-order valence-electron chi connectivity index (χ0n) is 9.97. The van der Waals surface area contributed by atoms with Crippen molar-refractivity contribution in [1.82, 2.24) is 9.36 Å². The molecule has 1 saturated carbocycles. The third-order valence-corrected chi connectivity index (χ3v) is 3.63. The molecule has 1 aromatic carbocycles. The van der Waals surface area contributed by atoms with Gasteiger partial charge in [0.2, 0.25) is 0 Å². The minimum absolute atomic E-state index is 0.142. The van der Waals surface area contributed by atoms with Gasteiger partial charge in [-0.25, -0.2) is 4.68 Å². The number of hydrogen-bond donors (Lipinski definition) is 0. The molecule has 3 rings (SSSR count). The van der Waals surface area contributed by atoms with Gasteiger partial charge in [0.25, 0.3) is 5.56 Å². The first-order valence-corrected chi connectivity index (χ1v) is 6.11. The van der Waals surface area contributed by atoms with E-state index < -0.39 is 0 Å². The molecule has 0 saturated heterocycles. The number of hydrogen-bond acceptors (Lipinski definition) is 1. The lowest BCUT2D eigenvalue weighted by Gasteiger charge is -2.23. The maximum Gasteiger partial charge on any atom is 0.274 e. The molecule has 0 aliphatic heterocycles. The van der Waals surface area contributed by atoms with Crippen molar-refractivity contribution in [3.05, 3.63) is 52.4 Å². The lowest BCUT2D eigenvalue weighted by molar-refractivity contribution is 0.417. The van der Waals surface area contributed by atoms with Crippen LogP contribution in [0.25, 0.3) is 5.69 Å². The third kappa shape index (κ3) is 1.62. The monoisotopic (exact) mass is 228 g/mol. The summed E-state index contributed by atoms with van der Waals surface area (Å²) in [5.41, 5.74) is 2.05. The van der Waals surface area contributed by atoms with Crippen molar-refractivity contribution in [3.63, 3.8) is 0 Å². The lowest BCUT2D eigenvalue weighted by Crippen LogP contribution is -2.23. The maximum atomic E-state index is 12.4. The number of rotatable bonds is 2. The van der Waals surface area contributed by atoms with Gasteiger partial charge in [-0.15, -0.1) is 0 Å². The number of nitrogens with zero attached hydrogens (tertiary/aromatic N) is 2. The summed E-state index contributed by atoms with van der Waals surface area (Å²) in [4.78, 5) is 12.4. The fourth-order valence-corrected chi connectivity index (χ4v) is 2.45. The minimum atomic E-state index is 0.142. The Labute approximate surface area is 100 Å². The molecule has 0 bridgehead atoms. The van der Waals surface area contributed by atoms with Crippen LogP contribution < -0.4 is 5.56 Å². The van der Waals surface area contributed by atoms with Crippen LogP contribution in [0.15, 0.2) is 41.3 Å². The molecule has 0 spiro atoms. The van der Waals surface area contributed by atoms with Crippen LogP contribution in [0.4, 0.5) is 0 Å². The summed E-state index contributed by atoms with van der Waals surface area (Å²) in [6.07, 6.45) is 5.56. The molecule has 0 radical (unpaired) electrons. The summed E-state index contributed by atoms with van der Waals surface area (Å²) in [6.45, 7) is 0. The van der Waals surface area contributed by atoms with Crippen LogP contribution in [0.1, 0.15) is 30.7 Å². The van der Waals surface area contributed by atoms with Crippen LogP contribution in [0.2, 0.25) is 0 Å². The van der Waals surface area contributed by atoms with E-state index in [2.05, 4.69) is 0 Å². The smallest absolute Gasteiger partial charge is 0.274 e. The first-order valence-electron chi connectivity index (χ1n) is 6.11. The average molecular weight is 228 g/mol. The predicted molar refractivity (Wildman–Crippen MR) is 67.6 cm³/mol. The molecule has 1 aromatic heterocycles. The molecule has 0 N–H and O–H groups in total. The molecule has 2 aromatic rings. The first kappa shape index (κ1) is 10.4. The van der Waals surface area contributed by atoms with Gasteiger partial charge in [0.15, 0.2) is 0 Å². The molecule has 1 aliphatic rings. The van der Waals surface area contributed by atoms with E-state index in [1.807, 2.05) is 48.3 Å². The van der Waals surface area contributed by atoms with Gasteiger partial charge in [-0.1, -0.05) is 24.6 Å². The maximum absolute atomic E-state index is 12.4. The molecule has 17 heavy (non-hydrogen) atoms. The molecule has 3 heteroatoms. The Morgan fingerprint density at radius 2 is 1.88 bits per heavy atom. The molecular formula is C14H16N2O. The Bertz CT molecular complexity index is 576. The molecule has 1 aliphatic carbocycles. The van der Waals surface area contributed by atoms with Crippen molar-refractivity contribution in [1.29, 1.82) is 0 Å². The third-order valence-electron chi connectivity index (χ3n) is 3.63.